The zero-order valence-corrected chi connectivity index (χ0v) is 15.8. The van der Waals surface area contributed by atoms with Crippen molar-refractivity contribution in [2.24, 2.45) is 0 Å². The second-order valence-corrected chi connectivity index (χ2v) is 6.68. The number of thiazole rings is 1. The molecule has 1 amide bonds. The summed E-state index contributed by atoms with van der Waals surface area (Å²) < 4.78 is 11.9. The van der Waals surface area contributed by atoms with Crippen molar-refractivity contribution >= 4 is 17.2 Å². The molecule has 0 spiro atoms. The van der Waals surface area contributed by atoms with Crippen LogP contribution in [-0.4, -0.2) is 29.7 Å². The Hall–Kier alpha value is -3.13. The van der Waals surface area contributed by atoms with Gasteiger partial charge in [0, 0.05) is 18.9 Å². The first-order chi connectivity index (χ1) is 13.1. The largest absolute Gasteiger partial charge is 0.493 e. The molecule has 0 aliphatic rings. The second-order valence-electron chi connectivity index (χ2n) is 5.68. The van der Waals surface area contributed by atoms with Gasteiger partial charge in [-0.3, -0.25) is 19.1 Å². The van der Waals surface area contributed by atoms with E-state index in [4.69, 9.17) is 9.47 Å². The van der Waals surface area contributed by atoms with Gasteiger partial charge in [-0.1, -0.05) is 23.5 Å². The molecular formula is C19H19N3O4S. The molecule has 8 heteroatoms. The Labute approximate surface area is 160 Å². The van der Waals surface area contributed by atoms with Gasteiger partial charge in [-0.15, -0.1) is 0 Å². The van der Waals surface area contributed by atoms with E-state index in [9.17, 15) is 9.59 Å². The maximum absolute atomic E-state index is 12.4. The first-order valence-electron chi connectivity index (χ1n) is 8.20. The summed E-state index contributed by atoms with van der Waals surface area (Å²) in [6.07, 6.45) is 3.23. The van der Waals surface area contributed by atoms with Gasteiger partial charge in [-0.25, -0.2) is 0 Å². The van der Waals surface area contributed by atoms with E-state index in [0.29, 0.717) is 29.5 Å². The number of carbonyl (C=O) groups excluding carboxylic acids is 1. The van der Waals surface area contributed by atoms with Crippen molar-refractivity contribution in [2.45, 2.75) is 13.1 Å². The Morgan fingerprint density at radius 2 is 2.00 bits per heavy atom. The number of hydrogen-bond donors (Lipinski definition) is 1. The molecule has 0 atom stereocenters. The second kappa shape index (κ2) is 8.50. The normalized spacial score (nSPS) is 10.4. The first kappa shape index (κ1) is 18.7. The molecule has 140 valence electrons. The summed E-state index contributed by atoms with van der Waals surface area (Å²) in [5, 5.41) is 2.82. The van der Waals surface area contributed by atoms with E-state index < -0.39 is 0 Å². The summed E-state index contributed by atoms with van der Waals surface area (Å²) in [6.45, 7) is 0.644. The molecule has 0 aliphatic heterocycles. The molecule has 0 unspecified atom stereocenters. The fourth-order valence-corrected chi connectivity index (χ4v) is 3.28. The number of methoxy groups -OCH3 is 2. The number of nitrogens with zero attached hydrogens (tertiary/aromatic N) is 2. The molecule has 27 heavy (non-hydrogen) atoms. The monoisotopic (exact) mass is 385 g/mol. The van der Waals surface area contributed by atoms with Crippen LogP contribution in [0.15, 0.2) is 53.6 Å². The van der Waals surface area contributed by atoms with Crippen LogP contribution in [0.4, 0.5) is 0 Å². The third-order valence-electron chi connectivity index (χ3n) is 3.89. The van der Waals surface area contributed by atoms with Gasteiger partial charge in [-0.2, -0.15) is 0 Å². The number of aromatic nitrogens is 2. The SMILES string of the molecule is COc1ccc(CNC(=O)c2cn(Cc3ccccn3)c(=O)s2)cc1OC. The van der Waals surface area contributed by atoms with Crippen molar-refractivity contribution in [1.29, 1.82) is 0 Å². The number of amides is 1. The Morgan fingerprint density at radius 3 is 2.70 bits per heavy atom. The van der Waals surface area contributed by atoms with Crippen molar-refractivity contribution in [1.82, 2.24) is 14.9 Å². The molecule has 0 aliphatic carbocycles. The highest BCUT2D eigenvalue weighted by atomic mass is 32.1. The zero-order valence-electron chi connectivity index (χ0n) is 15.0. The van der Waals surface area contributed by atoms with Crippen LogP contribution in [-0.2, 0) is 13.1 Å². The highest BCUT2D eigenvalue weighted by molar-refractivity contribution is 7.11. The number of carbonyl (C=O) groups is 1. The summed E-state index contributed by atoms with van der Waals surface area (Å²) in [7, 11) is 3.12. The predicted octanol–water partition coefficient (Wildman–Crippen LogP) is 2.30. The highest BCUT2D eigenvalue weighted by Crippen LogP contribution is 2.27. The number of ether oxygens (including phenoxy) is 2. The van der Waals surface area contributed by atoms with E-state index in [1.54, 1.807) is 38.7 Å². The van der Waals surface area contributed by atoms with Crippen LogP contribution < -0.4 is 19.7 Å². The van der Waals surface area contributed by atoms with E-state index in [2.05, 4.69) is 10.3 Å². The van der Waals surface area contributed by atoms with E-state index >= 15 is 0 Å². The predicted molar refractivity (Wildman–Crippen MR) is 103 cm³/mol. The fourth-order valence-electron chi connectivity index (χ4n) is 2.51. The summed E-state index contributed by atoms with van der Waals surface area (Å²) in [4.78, 5) is 28.9. The molecule has 0 radical (unpaired) electrons. The number of nitrogens with one attached hydrogen (secondary N) is 1. The molecule has 0 saturated carbocycles. The van der Waals surface area contributed by atoms with Crippen LogP contribution >= 0.6 is 11.3 Å². The quantitative estimate of drug-likeness (QED) is 0.675. The van der Waals surface area contributed by atoms with E-state index in [1.807, 2.05) is 24.3 Å². The lowest BCUT2D eigenvalue weighted by molar-refractivity contribution is 0.0954. The molecule has 2 heterocycles. The molecule has 3 rings (SSSR count). The van der Waals surface area contributed by atoms with Gasteiger partial charge in [-0.05, 0) is 29.8 Å². The summed E-state index contributed by atoms with van der Waals surface area (Å²) in [5.41, 5.74) is 1.62. The van der Waals surface area contributed by atoms with Crippen molar-refractivity contribution in [2.75, 3.05) is 14.2 Å². The molecule has 1 N–H and O–H groups in total. The minimum absolute atomic E-state index is 0.197. The lowest BCUT2D eigenvalue weighted by Crippen LogP contribution is -2.22. The van der Waals surface area contributed by atoms with E-state index in [-0.39, 0.29) is 10.8 Å². The van der Waals surface area contributed by atoms with Crippen LogP contribution in [0, 0.1) is 0 Å². The van der Waals surface area contributed by atoms with Gasteiger partial charge in [0.1, 0.15) is 4.88 Å². The maximum atomic E-state index is 12.4. The number of hydrogen-bond acceptors (Lipinski definition) is 6. The highest BCUT2D eigenvalue weighted by Gasteiger charge is 2.13. The molecule has 0 bridgehead atoms. The standard InChI is InChI=1S/C19H19N3O4S/c1-25-15-7-6-13(9-16(15)26-2)10-21-18(23)17-12-22(19(24)27-17)11-14-5-3-4-8-20-14/h3-9,12H,10-11H2,1-2H3,(H,21,23). The number of rotatable bonds is 7. The first-order valence-corrected chi connectivity index (χ1v) is 9.01. The van der Waals surface area contributed by atoms with Gasteiger partial charge >= 0.3 is 4.87 Å². The number of pyridine rings is 1. The minimum atomic E-state index is -0.299. The topological polar surface area (TPSA) is 82.5 Å². The van der Waals surface area contributed by atoms with Gasteiger partial charge in [0.05, 0.1) is 26.5 Å². The van der Waals surface area contributed by atoms with Crippen LogP contribution in [0.3, 0.4) is 0 Å². The van der Waals surface area contributed by atoms with Gasteiger partial charge in [0.25, 0.3) is 5.91 Å². The lowest BCUT2D eigenvalue weighted by Gasteiger charge is -2.10. The number of benzene rings is 1. The fraction of sp³-hybridized carbons (Fsp3) is 0.211. The Balaban J connectivity index is 1.66. The zero-order chi connectivity index (χ0) is 19.2. The molecule has 0 saturated heterocycles. The smallest absolute Gasteiger partial charge is 0.308 e. The van der Waals surface area contributed by atoms with Crippen LogP contribution in [0.2, 0.25) is 0 Å². The van der Waals surface area contributed by atoms with Crippen molar-refractivity contribution < 1.29 is 14.3 Å². The maximum Gasteiger partial charge on any atom is 0.308 e. The molecular weight excluding hydrogens is 366 g/mol. The third-order valence-corrected chi connectivity index (χ3v) is 4.81. The van der Waals surface area contributed by atoms with Crippen LogP contribution in [0.5, 0.6) is 11.5 Å². The van der Waals surface area contributed by atoms with Crippen molar-refractivity contribution in [3.63, 3.8) is 0 Å². The average molecular weight is 385 g/mol. The lowest BCUT2D eigenvalue weighted by atomic mass is 10.2. The van der Waals surface area contributed by atoms with E-state index in [1.165, 1.54) is 4.57 Å². The van der Waals surface area contributed by atoms with Crippen LogP contribution in [0.25, 0.3) is 0 Å². The van der Waals surface area contributed by atoms with E-state index in [0.717, 1.165) is 22.6 Å². The van der Waals surface area contributed by atoms with Gasteiger partial charge in [0.15, 0.2) is 11.5 Å². The Bertz CT molecular complexity index is 982. The molecule has 1 aromatic carbocycles. The van der Waals surface area contributed by atoms with Gasteiger partial charge in [0.2, 0.25) is 0 Å². The van der Waals surface area contributed by atoms with Gasteiger partial charge < -0.3 is 14.8 Å². The summed E-state index contributed by atoms with van der Waals surface area (Å²) >= 11 is 0.913. The summed E-state index contributed by atoms with van der Waals surface area (Å²) in [6, 6.07) is 10.9. The van der Waals surface area contributed by atoms with Crippen LogP contribution in [0.1, 0.15) is 20.9 Å². The third kappa shape index (κ3) is 4.53. The molecule has 7 nitrogen and oxygen atoms in total. The summed E-state index contributed by atoms with van der Waals surface area (Å²) in [5.74, 6) is 0.916. The van der Waals surface area contributed by atoms with Crippen molar-refractivity contribution in [3.8, 4) is 11.5 Å². The Kier molecular flexibility index (Phi) is 5.87. The average Bonchev–Trinajstić information content (AvgIpc) is 3.07. The minimum Gasteiger partial charge on any atom is -0.493 e. The van der Waals surface area contributed by atoms with Crippen molar-refractivity contribution in [3.05, 3.63) is 74.6 Å². The Morgan fingerprint density at radius 1 is 1.19 bits per heavy atom. The molecule has 0 fully saturated rings. The molecule has 3 aromatic rings. The molecule has 2 aromatic heterocycles.